The molecule has 4 heteroatoms. The Labute approximate surface area is 120 Å². The van der Waals surface area contributed by atoms with E-state index in [0.717, 1.165) is 38.2 Å². The summed E-state index contributed by atoms with van der Waals surface area (Å²) >= 11 is 0. The van der Waals surface area contributed by atoms with Gasteiger partial charge in [-0.2, -0.15) is 5.26 Å². The minimum absolute atomic E-state index is 0.360. The highest BCUT2D eigenvalue weighted by Gasteiger charge is 2.47. The van der Waals surface area contributed by atoms with E-state index < -0.39 is 5.60 Å². The largest absolute Gasteiger partial charge is 0.390 e. The summed E-state index contributed by atoms with van der Waals surface area (Å²) in [6.07, 6.45) is 5.73. The normalized spacial score (nSPS) is 32.8. The van der Waals surface area contributed by atoms with E-state index in [0.29, 0.717) is 17.4 Å². The second-order valence-corrected chi connectivity index (χ2v) is 6.14. The molecular formula is C16H21N3O. The lowest BCUT2D eigenvalue weighted by atomic mass is 9.69. The molecular weight excluding hydrogens is 250 g/mol. The van der Waals surface area contributed by atoms with Crippen molar-refractivity contribution in [1.29, 1.82) is 5.26 Å². The fourth-order valence-electron chi connectivity index (χ4n) is 3.89. The van der Waals surface area contributed by atoms with Gasteiger partial charge in [0.2, 0.25) is 0 Å². The van der Waals surface area contributed by atoms with Crippen LogP contribution in [0.3, 0.4) is 0 Å². The Bertz CT molecular complexity index is 522. The molecule has 1 aliphatic heterocycles. The molecule has 0 radical (unpaired) electrons. The zero-order valence-corrected chi connectivity index (χ0v) is 11.9. The fraction of sp³-hybridized carbons (Fsp3) is 0.625. The number of pyridine rings is 1. The van der Waals surface area contributed by atoms with Crippen molar-refractivity contribution >= 4 is 5.82 Å². The molecule has 0 amide bonds. The van der Waals surface area contributed by atoms with Crippen LogP contribution in [-0.4, -0.2) is 28.8 Å². The number of nitrogens with zero attached hydrogens (tertiary/aromatic N) is 3. The van der Waals surface area contributed by atoms with E-state index in [9.17, 15) is 5.11 Å². The van der Waals surface area contributed by atoms with Crippen molar-refractivity contribution in [2.24, 2.45) is 11.8 Å². The van der Waals surface area contributed by atoms with Gasteiger partial charge in [-0.1, -0.05) is 13.3 Å². The molecule has 2 fully saturated rings. The van der Waals surface area contributed by atoms with Crippen LogP contribution < -0.4 is 4.90 Å². The third-order valence-corrected chi connectivity index (χ3v) is 5.13. The second-order valence-electron chi connectivity index (χ2n) is 6.14. The number of aliphatic hydroxyl groups is 1. The number of rotatable bonds is 2. The van der Waals surface area contributed by atoms with Gasteiger partial charge in [0.15, 0.2) is 0 Å². The summed E-state index contributed by atoms with van der Waals surface area (Å²) in [5, 5.41) is 19.6. The molecule has 2 heterocycles. The van der Waals surface area contributed by atoms with E-state index in [1.807, 2.05) is 12.1 Å². The molecule has 20 heavy (non-hydrogen) atoms. The Morgan fingerprint density at radius 3 is 3.00 bits per heavy atom. The smallest absolute Gasteiger partial charge is 0.128 e. The molecule has 0 aromatic carbocycles. The van der Waals surface area contributed by atoms with E-state index in [4.69, 9.17) is 5.26 Å². The number of hydrogen-bond donors (Lipinski definition) is 1. The average molecular weight is 271 g/mol. The summed E-state index contributed by atoms with van der Waals surface area (Å²) in [7, 11) is 0. The summed E-state index contributed by atoms with van der Waals surface area (Å²) in [5.74, 6) is 1.86. The van der Waals surface area contributed by atoms with Gasteiger partial charge in [-0.25, -0.2) is 4.98 Å². The van der Waals surface area contributed by atoms with Crippen LogP contribution in [0, 0.1) is 23.2 Å². The molecule has 3 atom stereocenters. The lowest BCUT2D eigenvalue weighted by Crippen LogP contribution is -2.44. The van der Waals surface area contributed by atoms with E-state index in [1.165, 1.54) is 6.42 Å². The highest BCUT2D eigenvalue weighted by atomic mass is 16.3. The standard InChI is InChI=1S/C16H21N3O/c1-2-16(20)7-3-4-13-10-19(11-14(13)16)15-6-5-12(8-17)9-18-15/h5-6,9,13-14,20H,2-4,7,10-11H2,1H3/t13-,14+,16-/m1/s1. The van der Waals surface area contributed by atoms with Gasteiger partial charge in [0, 0.05) is 25.2 Å². The molecule has 1 aromatic rings. The van der Waals surface area contributed by atoms with Crippen LogP contribution in [0.1, 0.15) is 38.2 Å². The molecule has 0 spiro atoms. The van der Waals surface area contributed by atoms with Gasteiger partial charge in [-0.05, 0) is 37.3 Å². The number of aromatic nitrogens is 1. The first-order valence-corrected chi connectivity index (χ1v) is 7.50. The molecule has 0 bridgehead atoms. The maximum Gasteiger partial charge on any atom is 0.128 e. The number of nitriles is 1. The van der Waals surface area contributed by atoms with Crippen LogP contribution in [0.15, 0.2) is 18.3 Å². The predicted molar refractivity (Wildman–Crippen MR) is 77.2 cm³/mol. The van der Waals surface area contributed by atoms with Crippen molar-refractivity contribution in [3.63, 3.8) is 0 Å². The SMILES string of the molecule is CC[C@@]1(O)CCC[C@@H]2CN(c3ccc(C#N)cn3)C[C@@H]21. The van der Waals surface area contributed by atoms with Gasteiger partial charge >= 0.3 is 0 Å². The Balaban J connectivity index is 1.79. The molecule has 0 unspecified atom stereocenters. The van der Waals surface area contributed by atoms with Gasteiger partial charge in [0.05, 0.1) is 11.2 Å². The van der Waals surface area contributed by atoms with Crippen LogP contribution in [0.2, 0.25) is 0 Å². The van der Waals surface area contributed by atoms with Gasteiger partial charge in [0.25, 0.3) is 0 Å². The minimum atomic E-state index is -0.496. The second kappa shape index (κ2) is 5.06. The number of fused-ring (bicyclic) bond motifs is 1. The summed E-state index contributed by atoms with van der Waals surface area (Å²) in [6, 6.07) is 5.83. The first-order chi connectivity index (χ1) is 9.66. The predicted octanol–water partition coefficient (Wildman–Crippen LogP) is 2.33. The van der Waals surface area contributed by atoms with Gasteiger partial charge < -0.3 is 10.0 Å². The fourth-order valence-corrected chi connectivity index (χ4v) is 3.89. The first kappa shape index (κ1) is 13.4. The number of hydrogen-bond acceptors (Lipinski definition) is 4. The molecule has 106 valence electrons. The topological polar surface area (TPSA) is 60.1 Å². The highest BCUT2D eigenvalue weighted by molar-refractivity contribution is 5.43. The highest BCUT2D eigenvalue weighted by Crippen LogP contribution is 2.44. The zero-order valence-electron chi connectivity index (χ0n) is 11.9. The number of anilines is 1. The molecule has 2 aliphatic rings. The minimum Gasteiger partial charge on any atom is -0.390 e. The van der Waals surface area contributed by atoms with Crippen molar-refractivity contribution in [2.75, 3.05) is 18.0 Å². The molecule has 1 N–H and O–H groups in total. The van der Waals surface area contributed by atoms with E-state index in [2.05, 4.69) is 22.9 Å². The molecule has 3 rings (SSSR count). The molecule has 1 aromatic heterocycles. The van der Waals surface area contributed by atoms with Crippen molar-refractivity contribution in [1.82, 2.24) is 4.98 Å². The maximum atomic E-state index is 10.8. The molecule has 1 saturated heterocycles. The van der Waals surface area contributed by atoms with Crippen molar-refractivity contribution in [3.8, 4) is 6.07 Å². The summed E-state index contributed by atoms with van der Waals surface area (Å²) in [4.78, 5) is 6.65. The van der Waals surface area contributed by atoms with E-state index >= 15 is 0 Å². The summed E-state index contributed by atoms with van der Waals surface area (Å²) in [6.45, 7) is 3.95. The zero-order chi connectivity index (χ0) is 14.2. The third kappa shape index (κ3) is 2.16. The van der Waals surface area contributed by atoms with Gasteiger partial charge in [-0.3, -0.25) is 0 Å². The lowest BCUT2D eigenvalue weighted by Gasteiger charge is -2.40. The van der Waals surface area contributed by atoms with Crippen LogP contribution in [0.5, 0.6) is 0 Å². The van der Waals surface area contributed by atoms with Crippen LogP contribution in [0.25, 0.3) is 0 Å². The monoisotopic (exact) mass is 271 g/mol. The average Bonchev–Trinajstić information content (AvgIpc) is 2.93. The van der Waals surface area contributed by atoms with E-state index in [-0.39, 0.29) is 0 Å². The van der Waals surface area contributed by atoms with Gasteiger partial charge in [0.1, 0.15) is 11.9 Å². The van der Waals surface area contributed by atoms with Gasteiger partial charge in [-0.15, -0.1) is 0 Å². The Hall–Kier alpha value is -1.60. The van der Waals surface area contributed by atoms with Crippen molar-refractivity contribution in [2.45, 2.75) is 38.2 Å². The molecule has 4 nitrogen and oxygen atoms in total. The van der Waals surface area contributed by atoms with E-state index in [1.54, 1.807) is 6.20 Å². The molecule has 1 saturated carbocycles. The maximum absolute atomic E-state index is 10.8. The van der Waals surface area contributed by atoms with Crippen molar-refractivity contribution < 1.29 is 5.11 Å². The van der Waals surface area contributed by atoms with Crippen LogP contribution in [0.4, 0.5) is 5.82 Å². The first-order valence-electron chi connectivity index (χ1n) is 7.50. The van der Waals surface area contributed by atoms with Crippen LogP contribution in [-0.2, 0) is 0 Å². The van der Waals surface area contributed by atoms with Crippen LogP contribution >= 0.6 is 0 Å². The summed E-state index contributed by atoms with van der Waals surface area (Å²) < 4.78 is 0. The Morgan fingerprint density at radius 1 is 1.50 bits per heavy atom. The third-order valence-electron chi connectivity index (χ3n) is 5.13. The Morgan fingerprint density at radius 2 is 2.35 bits per heavy atom. The summed E-state index contributed by atoms with van der Waals surface area (Å²) in [5.41, 5.74) is 0.0972. The Kier molecular flexibility index (Phi) is 3.39. The quantitative estimate of drug-likeness (QED) is 0.897. The molecule has 1 aliphatic carbocycles. The lowest BCUT2D eigenvalue weighted by molar-refractivity contribution is -0.0597. The van der Waals surface area contributed by atoms with Crippen molar-refractivity contribution in [3.05, 3.63) is 23.9 Å².